The molecule has 0 saturated heterocycles. The molecule has 0 unspecified atom stereocenters. The molecular weight excluding hydrogens is 322 g/mol. The summed E-state index contributed by atoms with van der Waals surface area (Å²) in [6.45, 7) is 0. The zero-order chi connectivity index (χ0) is 17.6. The minimum Gasteiger partial charge on any atom is -0.493 e. The van der Waals surface area contributed by atoms with Crippen molar-refractivity contribution in [2.75, 3.05) is 14.2 Å². The molecule has 1 aliphatic heterocycles. The summed E-state index contributed by atoms with van der Waals surface area (Å²) in [6, 6.07) is 8.77. The number of hydrogen-bond acceptors (Lipinski definition) is 6. The third kappa shape index (κ3) is 2.22. The number of fused-ring (bicyclic) bond motifs is 2. The van der Waals surface area contributed by atoms with E-state index in [9.17, 15) is 9.59 Å². The third-order valence-electron chi connectivity index (χ3n) is 4.22. The molecule has 0 atom stereocenters. The summed E-state index contributed by atoms with van der Waals surface area (Å²) >= 11 is 0. The quantitative estimate of drug-likeness (QED) is 0.540. The van der Waals surface area contributed by atoms with Crippen molar-refractivity contribution in [1.29, 1.82) is 0 Å². The summed E-state index contributed by atoms with van der Waals surface area (Å²) in [5.74, 6) is -0.230. The third-order valence-corrected chi connectivity index (χ3v) is 4.22. The zero-order valence-electron chi connectivity index (χ0n) is 13.5. The molecule has 1 aliphatic rings. The highest BCUT2D eigenvalue weighted by atomic mass is 16.6. The number of cyclic esters (lactones) is 2. The van der Waals surface area contributed by atoms with Gasteiger partial charge in [-0.2, -0.15) is 0 Å². The van der Waals surface area contributed by atoms with Gasteiger partial charge in [0.05, 0.1) is 25.3 Å². The molecule has 6 heteroatoms. The number of aromatic nitrogens is 1. The number of ether oxygens (including phenoxy) is 3. The lowest BCUT2D eigenvalue weighted by molar-refractivity contribution is 0.0444. The van der Waals surface area contributed by atoms with Gasteiger partial charge in [-0.3, -0.25) is 4.98 Å². The Morgan fingerprint density at radius 1 is 0.880 bits per heavy atom. The molecule has 0 fully saturated rings. The van der Waals surface area contributed by atoms with Gasteiger partial charge in [-0.25, -0.2) is 9.59 Å². The first-order valence-electron chi connectivity index (χ1n) is 7.53. The summed E-state index contributed by atoms with van der Waals surface area (Å²) in [7, 11) is 3.08. The SMILES string of the molecule is COc1cc2cc3c(c(-c4ccncc4)c2cc1OC)C(=O)OC3=O. The molecule has 4 rings (SSSR count). The van der Waals surface area contributed by atoms with E-state index < -0.39 is 11.9 Å². The van der Waals surface area contributed by atoms with Gasteiger partial charge in [0.1, 0.15) is 0 Å². The van der Waals surface area contributed by atoms with Crippen LogP contribution in [0.5, 0.6) is 11.5 Å². The molecule has 25 heavy (non-hydrogen) atoms. The Bertz CT molecular complexity index is 1030. The van der Waals surface area contributed by atoms with Crippen LogP contribution in [0.4, 0.5) is 0 Å². The normalized spacial score (nSPS) is 12.9. The average Bonchev–Trinajstić information content (AvgIpc) is 2.93. The van der Waals surface area contributed by atoms with Gasteiger partial charge < -0.3 is 14.2 Å². The van der Waals surface area contributed by atoms with E-state index in [1.165, 1.54) is 0 Å². The summed E-state index contributed by atoms with van der Waals surface area (Å²) in [5, 5.41) is 1.50. The van der Waals surface area contributed by atoms with E-state index in [2.05, 4.69) is 4.98 Å². The van der Waals surface area contributed by atoms with Crippen LogP contribution in [0.3, 0.4) is 0 Å². The van der Waals surface area contributed by atoms with Crippen molar-refractivity contribution in [2.24, 2.45) is 0 Å². The van der Waals surface area contributed by atoms with Gasteiger partial charge in [-0.15, -0.1) is 0 Å². The second kappa shape index (κ2) is 5.59. The van der Waals surface area contributed by atoms with Crippen LogP contribution in [-0.4, -0.2) is 31.1 Å². The van der Waals surface area contributed by atoms with Gasteiger partial charge >= 0.3 is 11.9 Å². The second-order valence-corrected chi connectivity index (χ2v) is 5.52. The monoisotopic (exact) mass is 335 g/mol. The van der Waals surface area contributed by atoms with Crippen LogP contribution in [-0.2, 0) is 4.74 Å². The van der Waals surface area contributed by atoms with Crippen LogP contribution in [0.1, 0.15) is 20.7 Å². The zero-order valence-corrected chi connectivity index (χ0v) is 13.5. The Balaban J connectivity index is 2.17. The highest BCUT2D eigenvalue weighted by Crippen LogP contribution is 2.42. The molecule has 2 aromatic carbocycles. The number of pyridine rings is 1. The number of esters is 2. The fourth-order valence-electron chi connectivity index (χ4n) is 3.11. The average molecular weight is 335 g/mol. The van der Waals surface area contributed by atoms with Gasteiger partial charge in [0, 0.05) is 18.0 Å². The Morgan fingerprint density at radius 3 is 2.24 bits per heavy atom. The Kier molecular flexibility index (Phi) is 3.39. The first kappa shape index (κ1) is 15.1. The summed E-state index contributed by atoms with van der Waals surface area (Å²) < 4.78 is 15.5. The van der Waals surface area contributed by atoms with E-state index in [-0.39, 0.29) is 11.1 Å². The van der Waals surface area contributed by atoms with Crippen LogP contribution < -0.4 is 9.47 Å². The molecule has 0 aliphatic carbocycles. The van der Waals surface area contributed by atoms with E-state index in [1.807, 2.05) is 0 Å². The number of rotatable bonds is 3. The molecule has 3 aromatic rings. The van der Waals surface area contributed by atoms with E-state index in [4.69, 9.17) is 14.2 Å². The molecular formula is C19H13NO5. The fourth-order valence-corrected chi connectivity index (χ4v) is 3.11. The lowest BCUT2D eigenvalue weighted by atomic mass is 9.90. The van der Waals surface area contributed by atoms with Crippen molar-refractivity contribution in [3.63, 3.8) is 0 Å². The standard InChI is InChI=1S/C19H13NO5/c1-23-14-8-11-7-13-17(19(22)25-18(13)21)16(10-3-5-20-6-4-10)12(11)9-15(14)24-2/h3-9H,1-2H3. The number of hydrogen-bond donors (Lipinski definition) is 0. The summed E-state index contributed by atoms with van der Waals surface area (Å²) in [6.07, 6.45) is 3.26. The van der Waals surface area contributed by atoms with Crippen LogP contribution >= 0.6 is 0 Å². The van der Waals surface area contributed by atoms with Gasteiger partial charge in [0.25, 0.3) is 0 Å². The Hall–Kier alpha value is -3.41. The summed E-state index contributed by atoms with van der Waals surface area (Å²) in [5.41, 5.74) is 1.88. The predicted octanol–water partition coefficient (Wildman–Crippen LogP) is 3.23. The first-order chi connectivity index (χ1) is 12.1. The van der Waals surface area contributed by atoms with Gasteiger partial charge in [-0.1, -0.05) is 0 Å². The van der Waals surface area contributed by atoms with Crippen molar-refractivity contribution in [1.82, 2.24) is 4.98 Å². The molecule has 2 heterocycles. The molecule has 0 bridgehead atoms. The molecule has 1 aromatic heterocycles. The van der Waals surface area contributed by atoms with E-state index in [0.29, 0.717) is 17.1 Å². The minimum absolute atomic E-state index is 0.247. The Labute approximate surface area is 143 Å². The van der Waals surface area contributed by atoms with Crippen LogP contribution in [0.2, 0.25) is 0 Å². The van der Waals surface area contributed by atoms with E-state index in [0.717, 1.165) is 16.3 Å². The van der Waals surface area contributed by atoms with Crippen molar-refractivity contribution in [3.05, 3.63) is 53.9 Å². The van der Waals surface area contributed by atoms with Crippen LogP contribution in [0, 0.1) is 0 Å². The number of carbonyl (C=O) groups excluding carboxylic acids is 2. The second-order valence-electron chi connectivity index (χ2n) is 5.52. The van der Waals surface area contributed by atoms with E-state index in [1.54, 1.807) is 56.9 Å². The van der Waals surface area contributed by atoms with Gasteiger partial charge in [0.15, 0.2) is 11.5 Å². The van der Waals surface area contributed by atoms with Crippen LogP contribution in [0.25, 0.3) is 21.9 Å². The lowest BCUT2D eigenvalue weighted by Crippen LogP contribution is -1.99. The Morgan fingerprint density at radius 2 is 1.56 bits per heavy atom. The first-order valence-corrected chi connectivity index (χ1v) is 7.53. The number of nitrogens with zero attached hydrogens (tertiary/aromatic N) is 1. The number of carbonyl (C=O) groups is 2. The van der Waals surface area contributed by atoms with Gasteiger partial charge in [0.2, 0.25) is 0 Å². The van der Waals surface area contributed by atoms with Crippen molar-refractivity contribution < 1.29 is 23.8 Å². The number of benzene rings is 2. The molecule has 6 nitrogen and oxygen atoms in total. The van der Waals surface area contributed by atoms with E-state index >= 15 is 0 Å². The van der Waals surface area contributed by atoms with Crippen molar-refractivity contribution >= 4 is 22.7 Å². The number of methoxy groups -OCH3 is 2. The lowest BCUT2D eigenvalue weighted by Gasteiger charge is -2.14. The molecule has 0 radical (unpaired) electrons. The highest BCUT2D eigenvalue weighted by Gasteiger charge is 2.34. The maximum atomic E-state index is 12.3. The predicted molar refractivity (Wildman–Crippen MR) is 90.0 cm³/mol. The largest absolute Gasteiger partial charge is 0.493 e. The fraction of sp³-hybridized carbons (Fsp3) is 0.105. The summed E-state index contributed by atoms with van der Waals surface area (Å²) in [4.78, 5) is 28.4. The molecule has 0 N–H and O–H groups in total. The minimum atomic E-state index is -0.650. The van der Waals surface area contributed by atoms with Gasteiger partial charge in [-0.05, 0) is 46.7 Å². The molecule has 124 valence electrons. The maximum Gasteiger partial charge on any atom is 0.347 e. The smallest absolute Gasteiger partial charge is 0.347 e. The maximum absolute atomic E-state index is 12.3. The molecule has 0 saturated carbocycles. The highest BCUT2D eigenvalue weighted by molar-refractivity contribution is 6.22. The topological polar surface area (TPSA) is 74.7 Å². The molecule has 0 amide bonds. The van der Waals surface area contributed by atoms with Crippen molar-refractivity contribution in [2.45, 2.75) is 0 Å². The van der Waals surface area contributed by atoms with Crippen molar-refractivity contribution in [3.8, 4) is 22.6 Å². The van der Waals surface area contributed by atoms with Crippen LogP contribution in [0.15, 0.2) is 42.7 Å². The molecule has 0 spiro atoms.